The van der Waals surface area contributed by atoms with Crippen LogP contribution in [0.4, 0.5) is 13.2 Å². The highest BCUT2D eigenvalue weighted by atomic mass is 19.4. The van der Waals surface area contributed by atoms with Crippen LogP contribution in [0.1, 0.15) is 17.0 Å². The minimum Gasteiger partial charge on any atom is -0.352 e. The molecule has 0 spiro atoms. The monoisotopic (exact) mass is 387 g/mol. The largest absolute Gasteiger partial charge is 0.416 e. The molecule has 0 aliphatic rings. The highest BCUT2D eigenvalue weighted by molar-refractivity contribution is 5.91. The van der Waals surface area contributed by atoms with Crippen molar-refractivity contribution in [1.82, 2.24) is 15.5 Å². The lowest BCUT2D eigenvalue weighted by atomic mass is 10.1. The molecule has 0 atom stereocenters. The lowest BCUT2D eigenvalue weighted by Gasteiger charge is -2.05. The first-order chi connectivity index (χ1) is 13.4. The molecule has 2 aromatic carbocycles. The third kappa shape index (κ3) is 5.29. The Labute approximate surface area is 158 Å². The van der Waals surface area contributed by atoms with Gasteiger partial charge in [-0.15, -0.1) is 0 Å². The second-order valence-corrected chi connectivity index (χ2v) is 5.87. The van der Waals surface area contributed by atoms with Crippen molar-refractivity contribution in [2.75, 3.05) is 6.54 Å². The zero-order chi connectivity index (χ0) is 20.0. The number of rotatable bonds is 6. The summed E-state index contributed by atoms with van der Waals surface area (Å²) in [5, 5.41) is 6.45. The topological polar surface area (TPSA) is 68.0 Å². The minimum atomic E-state index is -4.39. The van der Waals surface area contributed by atoms with Gasteiger partial charge in [-0.05, 0) is 23.8 Å². The lowest BCUT2D eigenvalue weighted by molar-refractivity contribution is -0.137. The van der Waals surface area contributed by atoms with Crippen molar-refractivity contribution < 1.29 is 22.5 Å². The van der Waals surface area contributed by atoms with Gasteiger partial charge in [-0.1, -0.05) is 47.6 Å². The Bertz CT molecular complexity index is 949. The summed E-state index contributed by atoms with van der Waals surface area (Å²) in [6.45, 7) is 0.284. The van der Waals surface area contributed by atoms with E-state index in [4.69, 9.17) is 4.52 Å². The van der Waals surface area contributed by atoms with Crippen LogP contribution in [0, 0.1) is 0 Å². The molecule has 8 heteroatoms. The summed E-state index contributed by atoms with van der Waals surface area (Å²) in [6.07, 6.45) is -0.964. The molecule has 1 amide bonds. The van der Waals surface area contributed by atoms with Crippen LogP contribution in [-0.4, -0.2) is 22.6 Å². The fourth-order valence-corrected chi connectivity index (χ4v) is 2.37. The third-order valence-corrected chi connectivity index (χ3v) is 3.80. The number of hydrogen-bond acceptors (Lipinski definition) is 4. The number of hydrogen-bond donors (Lipinski definition) is 1. The number of amides is 1. The predicted molar refractivity (Wildman–Crippen MR) is 96.9 cm³/mol. The average Bonchev–Trinajstić information content (AvgIpc) is 3.15. The third-order valence-electron chi connectivity index (χ3n) is 3.80. The lowest BCUT2D eigenvalue weighted by Crippen LogP contribution is -2.23. The van der Waals surface area contributed by atoms with Crippen molar-refractivity contribution in [3.63, 3.8) is 0 Å². The zero-order valence-electron chi connectivity index (χ0n) is 14.6. The maximum atomic E-state index is 12.6. The van der Waals surface area contributed by atoms with Gasteiger partial charge in [0.25, 0.3) is 0 Å². The first-order valence-electron chi connectivity index (χ1n) is 8.43. The number of carbonyl (C=O) groups is 1. The van der Waals surface area contributed by atoms with E-state index in [0.29, 0.717) is 12.0 Å². The highest BCUT2D eigenvalue weighted by Crippen LogP contribution is 2.30. The van der Waals surface area contributed by atoms with Crippen LogP contribution in [0.2, 0.25) is 0 Å². The Hall–Kier alpha value is -3.42. The second-order valence-electron chi connectivity index (χ2n) is 5.87. The van der Waals surface area contributed by atoms with Crippen LogP contribution < -0.4 is 5.32 Å². The van der Waals surface area contributed by atoms with E-state index >= 15 is 0 Å². The standard InChI is InChI=1S/C20H16F3N3O2/c21-20(22,23)16-9-7-15(8-10-16)19-25-18(28-26-19)12-13-24-17(27)11-6-14-4-2-1-3-5-14/h1-11H,12-13H2,(H,24,27)/b11-6+. The Balaban J connectivity index is 1.51. The van der Waals surface area contributed by atoms with Crippen molar-refractivity contribution >= 4 is 12.0 Å². The number of carbonyl (C=O) groups excluding carboxylic acids is 1. The van der Waals surface area contributed by atoms with Gasteiger partial charge < -0.3 is 9.84 Å². The fraction of sp³-hybridized carbons (Fsp3) is 0.150. The first-order valence-corrected chi connectivity index (χ1v) is 8.43. The van der Waals surface area contributed by atoms with Crippen LogP contribution in [0.5, 0.6) is 0 Å². The van der Waals surface area contributed by atoms with Gasteiger partial charge in [0.05, 0.1) is 5.56 Å². The zero-order valence-corrected chi connectivity index (χ0v) is 14.6. The Kier molecular flexibility index (Phi) is 5.88. The summed E-state index contributed by atoms with van der Waals surface area (Å²) < 4.78 is 42.9. The molecule has 0 saturated carbocycles. The molecule has 1 heterocycles. The number of aromatic nitrogens is 2. The Morgan fingerprint density at radius 1 is 1.07 bits per heavy atom. The number of benzene rings is 2. The van der Waals surface area contributed by atoms with Gasteiger partial charge in [0.15, 0.2) is 0 Å². The summed E-state index contributed by atoms with van der Waals surface area (Å²) in [7, 11) is 0. The highest BCUT2D eigenvalue weighted by Gasteiger charge is 2.30. The minimum absolute atomic E-state index is 0.194. The SMILES string of the molecule is O=C(/C=C/c1ccccc1)NCCc1nc(-c2ccc(C(F)(F)F)cc2)no1. The smallest absolute Gasteiger partial charge is 0.352 e. The predicted octanol–water partition coefficient (Wildman–Crippen LogP) is 4.13. The van der Waals surface area contributed by atoms with Gasteiger partial charge in [-0.3, -0.25) is 4.79 Å². The van der Waals surface area contributed by atoms with E-state index in [9.17, 15) is 18.0 Å². The van der Waals surface area contributed by atoms with Gasteiger partial charge >= 0.3 is 6.18 Å². The fourth-order valence-electron chi connectivity index (χ4n) is 2.37. The van der Waals surface area contributed by atoms with E-state index < -0.39 is 11.7 Å². The first kappa shape index (κ1) is 19.3. The van der Waals surface area contributed by atoms with E-state index in [1.54, 1.807) is 6.08 Å². The second kappa shape index (κ2) is 8.51. The summed E-state index contributed by atoms with van der Waals surface area (Å²) in [6, 6.07) is 13.9. The van der Waals surface area contributed by atoms with Crippen LogP contribution in [-0.2, 0) is 17.4 Å². The van der Waals surface area contributed by atoms with Gasteiger partial charge in [0.2, 0.25) is 17.6 Å². The number of nitrogens with one attached hydrogen (secondary N) is 1. The molecular weight excluding hydrogens is 371 g/mol. The molecule has 3 rings (SSSR count). The Morgan fingerprint density at radius 2 is 1.79 bits per heavy atom. The average molecular weight is 387 g/mol. The maximum Gasteiger partial charge on any atom is 0.416 e. The van der Waals surface area contributed by atoms with Crippen molar-refractivity contribution in [1.29, 1.82) is 0 Å². The molecule has 0 aliphatic heterocycles. The van der Waals surface area contributed by atoms with E-state index in [-0.39, 0.29) is 24.2 Å². The van der Waals surface area contributed by atoms with Crippen molar-refractivity contribution in [3.05, 3.63) is 77.7 Å². The molecule has 144 valence electrons. The van der Waals surface area contributed by atoms with Crippen LogP contribution in [0.25, 0.3) is 17.5 Å². The molecule has 0 unspecified atom stereocenters. The molecule has 1 N–H and O–H groups in total. The van der Waals surface area contributed by atoms with Crippen molar-refractivity contribution in [2.24, 2.45) is 0 Å². The van der Waals surface area contributed by atoms with E-state index in [0.717, 1.165) is 17.7 Å². The van der Waals surface area contributed by atoms with E-state index in [1.807, 2.05) is 30.3 Å². The summed E-state index contributed by atoms with van der Waals surface area (Å²) >= 11 is 0. The van der Waals surface area contributed by atoms with Crippen LogP contribution in [0.3, 0.4) is 0 Å². The molecule has 0 bridgehead atoms. The summed E-state index contributed by atoms with van der Waals surface area (Å²) in [4.78, 5) is 15.9. The van der Waals surface area contributed by atoms with Gasteiger partial charge in [0.1, 0.15) is 0 Å². The number of alkyl halides is 3. The van der Waals surface area contributed by atoms with E-state index in [2.05, 4.69) is 15.5 Å². The quantitative estimate of drug-likeness (QED) is 0.646. The van der Waals surface area contributed by atoms with Crippen molar-refractivity contribution in [3.8, 4) is 11.4 Å². The molecule has 3 aromatic rings. The van der Waals surface area contributed by atoms with Crippen LogP contribution in [0.15, 0.2) is 65.2 Å². The summed E-state index contributed by atoms with van der Waals surface area (Å²) in [5.74, 6) is 0.215. The number of halogens is 3. The molecule has 1 aromatic heterocycles. The molecular formula is C20H16F3N3O2. The number of nitrogens with zero attached hydrogens (tertiary/aromatic N) is 2. The summed E-state index contributed by atoms with van der Waals surface area (Å²) in [5.41, 5.74) is 0.583. The van der Waals surface area contributed by atoms with Gasteiger partial charge in [-0.2, -0.15) is 18.2 Å². The van der Waals surface area contributed by atoms with E-state index in [1.165, 1.54) is 18.2 Å². The van der Waals surface area contributed by atoms with Crippen LogP contribution >= 0.6 is 0 Å². The molecule has 0 saturated heterocycles. The maximum absolute atomic E-state index is 12.6. The molecule has 0 radical (unpaired) electrons. The normalized spacial score (nSPS) is 11.7. The van der Waals surface area contributed by atoms with Crippen molar-refractivity contribution in [2.45, 2.75) is 12.6 Å². The molecule has 5 nitrogen and oxygen atoms in total. The Morgan fingerprint density at radius 3 is 2.46 bits per heavy atom. The molecule has 28 heavy (non-hydrogen) atoms. The van der Waals surface area contributed by atoms with Gasteiger partial charge in [0, 0.05) is 24.6 Å². The molecule has 0 aliphatic carbocycles. The van der Waals surface area contributed by atoms with Gasteiger partial charge in [-0.25, -0.2) is 0 Å². The molecule has 0 fully saturated rings.